The second kappa shape index (κ2) is 6.66. The Bertz CT molecular complexity index is 482. The fraction of sp³-hybridized carbons (Fsp3) is 0.438. The predicted octanol–water partition coefficient (Wildman–Crippen LogP) is 2.57. The number of rotatable bonds is 3. The van der Waals surface area contributed by atoms with Crippen molar-refractivity contribution >= 4 is 12.0 Å². The van der Waals surface area contributed by atoms with Crippen LogP contribution in [0.4, 0.5) is 4.39 Å². The molecule has 1 aromatic rings. The molecule has 0 aromatic heterocycles. The molecule has 1 aliphatic rings. The Hall–Kier alpha value is -1.68. The zero-order valence-electron chi connectivity index (χ0n) is 11.8. The van der Waals surface area contributed by atoms with Gasteiger partial charge in [-0.2, -0.15) is 0 Å². The smallest absolute Gasteiger partial charge is 0.246 e. The maximum Gasteiger partial charge on any atom is 0.246 e. The number of carbonyl (C=O) groups is 1. The number of nitrogens with zero attached hydrogens (tertiary/aromatic N) is 1. The second-order valence-electron chi connectivity index (χ2n) is 5.34. The molecule has 0 aliphatic carbocycles. The van der Waals surface area contributed by atoms with E-state index in [0.717, 1.165) is 31.4 Å². The first-order valence-electron chi connectivity index (χ1n) is 7.08. The van der Waals surface area contributed by atoms with E-state index in [2.05, 4.69) is 0 Å². The van der Waals surface area contributed by atoms with Crippen LogP contribution in [0.5, 0.6) is 0 Å². The van der Waals surface area contributed by atoms with E-state index in [1.807, 2.05) is 11.8 Å². The van der Waals surface area contributed by atoms with Crippen molar-refractivity contribution in [1.82, 2.24) is 4.90 Å². The molecule has 108 valence electrons. The van der Waals surface area contributed by atoms with Gasteiger partial charge in [-0.15, -0.1) is 0 Å². The molecule has 2 N–H and O–H groups in total. The minimum atomic E-state index is -0.276. The Kier molecular flexibility index (Phi) is 4.90. The summed E-state index contributed by atoms with van der Waals surface area (Å²) in [6.45, 7) is 2.71. The van der Waals surface area contributed by atoms with Gasteiger partial charge in [-0.05, 0) is 50.0 Å². The van der Waals surface area contributed by atoms with Crippen LogP contribution in [-0.2, 0) is 4.79 Å². The fourth-order valence-corrected chi connectivity index (χ4v) is 2.61. The lowest BCUT2D eigenvalue weighted by molar-refractivity contribution is -0.129. The van der Waals surface area contributed by atoms with Gasteiger partial charge in [-0.1, -0.05) is 12.1 Å². The van der Waals surface area contributed by atoms with Crippen molar-refractivity contribution in [2.24, 2.45) is 5.73 Å². The van der Waals surface area contributed by atoms with Crippen molar-refractivity contribution in [2.75, 3.05) is 6.54 Å². The van der Waals surface area contributed by atoms with E-state index >= 15 is 0 Å². The Morgan fingerprint density at radius 1 is 1.40 bits per heavy atom. The zero-order valence-corrected chi connectivity index (χ0v) is 11.8. The molecule has 1 heterocycles. The van der Waals surface area contributed by atoms with Crippen molar-refractivity contribution < 1.29 is 9.18 Å². The van der Waals surface area contributed by atoms with Gasteiger partial charge in [0, 0.05) is 24.7 Å². The Labute approximate surface area is 119 Å². The number of carbonyl (C=O) groups excluding carboxylic acids is 1. The quantitative estimate of drug-likeness (QED) is 0.862. The molecule has 1 fully saturated rings. The van der Waals surface area contributed by atoms with E-state index in [1.54, 1.807) is 24.3 Å². The fourth-order valence-electron chi connectivity index (χ4n) is 2.61. The third-order valence-electron chi connectivity index (χ3n) is 3.73. The number of likely N-dealkylation sites (tertiary alicyclic amines) is 1. The van der Waals surface area contributed by atoms with E-state index in [4.69, 9.17) is 5.73 Å². The van der Waals surface area contributed by atoms with Crippen molar-refractivity contribution in [3.8, 4) is 0 Å². The van der Waals surface area contributed by atoms with Gasteiger partial charge in [0.1, 0.15) is 5.82 Å². The van der Waals surface area contributed by atoms with Crippen LogP contribution < -0.4 is 5.73 Å². The standard InChI is InChI=1S/C16H21FN2O/c1-12(18)15-4-2-3-11-19(15)16(20)10-7-13-5-8-14(17)9-6-13/h5-10,12,15H,2-4,11,18H2,1H3. The Balaban J connectivity index is 2.04. The van der Waals surface area contributed by atoms with Gasteiger partial charge >= 0.3 is 0 Å². The van der Waals surface area contributed by atoms with Gasteiger partial charge < -0.3 is 10.6 Å². The molecule has 4 heteroatoms. The zero-order chi connectivity index (χ0) is 14.5. The number of hydrogen-bond acceptors (Lipinski definition) is 2. The summed E-state index contributed by atoms with van der Waals surface area (Å²) in [5, 5.41) is 0. The number of hydrogen-bond donors (Lipinski definition) is 1. The van der Waals surface area contributed by atoms with Gasteiger partial charge in [-0.3, -0.25) is 4.79 Å². The Morgan fingerprint density at radius 2 is 2.10 bits per heavy atom. The minimum Gasteiger partial charge on any atom is -0.335 e. The van der Waals surface area contributed by atoms with Gasteiger partial charge in [0.2, 0.25) is 5.91 Å². The first-order valence-corrected chi connectivity index (χ1v) is 7.08. The number of amides is 1. The molecule has 0 bridgehead atoms. The van der Waals surface area contributed by atoms with E-state index in [-0.39, 0.29) is 23.8 Å². The van der Waals surface area contributed by atoms with Crippen molar-refractivity contribution in [1.29, 1.82) is 0 Å². The first kappa shape index (κ1) is 14.7. The predicted molar refractivity (Wildman–Crippen MR) is 78.4 cm³/mol. The molecule has 0 spiro atoms. The molecule has 0 radical (unpaired) electrons. The van der Waals surface area contributed by atoms with E-state index < -0.39 is 0 Å². The second-order valence-corrected chi connectivity index (χ2v) is 5.34. The number of halogens is 1. The lowest BCUT2D eigenvalue weighted by Gasteiger charge is -2.37. The molecule has 1 amide bonds. The van der Waals surface area contributed by atoms with E-state index in [9.17, 15) is 9.18 Å². The molecule has 3 nitrogen and oxygen atoms in total. The molecule has 1 saturated heterocycles. The van der Waals surface area contributed by atoms with Gasteiger partial charge in [0.15, 0.2) is 0 Å². The highest BCUT2D eigenvalue weighted by molar-refractivity contribution is 5.92. The van der Waals surface area contributed by atoms with E-state index in [0.29, 0.717) is 0 Å². The van der Waals surface area contributed by atoms with Crippen LogP contribution in [0.1, 0.15) is 31.7 Å². The molecule has 2 rings (SSSR count). The normalized spacial score (nSPS) is 21.1. The van der Waals surface area contributed by atoms with E-state index in [1.165, 1.54) is 12.1 Å². The van der Waals surface area contributed by atoms with Gasteiger partial charge in [0.05, 0.1) is 0 Å². The monoisotopic (exact) mass is 276 g/mol. The Morgan fingerprint density at radius 3 is 2.75 bits per heavy atom. The molecule has 2 atom stereocenters. The maximum atomic E-state index is 12.8. The van der Waals surface area contributed by atoms with Gasteiger partial charge in [0.25, 0.3) is 0 Å². The summed E-state index contributed by atoms with van der Waals surface area (Å²) in [7, 11) is 0. The molecular formula is C16H21FN2O. The van der Waals surface area contributed by atoms with Crippen LogP contribution in [0.3, 0.4) is 0 Å². The van der Waals surface area contributed by atoms with Crippen LogP contribution in [0.2, 0.25) is 0 Å². The largest absolute Gasteiger partial charge is 0.335 e. The summed E-state index contributed by atoms with van der Waals surface area (Å²) >= 11 is 0. The molecular weight excluding hydrogens is 255 g/mol. The van der Waals surface area contributed by atoms with Crippen molar-refractivity contribution in [3.05, 3.63) is 41.7 Å². The number of piperidine rings is 1. The molecule has 20 heavy (non-hydrogen) atoms. The highest BCUT2D eigenvalue weighted by atomic mass is 19.1. The van der Waals surface area contributed by atoms with Gasteiger partial charge in [-0.25, -0.2) is 4.39 Å². The summed E-state index contributed by atoms with van der Waals surface area (Å²) in [4.78, 5) is 14.1. The molecule has 1 aliphatic heterocycles. The summed E-state index contributed by atoms with van der Waals surface area (Å²) < 4.78 is 12.8. The van der Waals surface area contributed by atoms with Crippen LogP contribution in [0.15, 0.2) is 30.3 Å². The van der Waals surface area contributed by atoms with Crippen molar-refractivity contribution in [3.63, 3.8) is 0 Å². The lowest BCUT2D eigenvalue weighted by Crippen LogP contribution is -2.51. The number of nitrogens with two attached hydrogens (primary N) is 1. The van der Waals surface area contributed by atoms with Crippen LogP contribution in [0, 0.1) is 5.82 Å². The first-order chi connectivity index (χ1) is 9.58. The summed E-state index contributed by atoms with van der Waals surface area (Å²) in [5.74, 6) is -0.294. The van der Waals surface area contributed by atoms with Crippen LogP contribution >= 0.6 is 0 Å². The molecule has 1 aromatic carbocycles. The topological polar surface area (TPSA) is 46.3 Å². The highest BCUT2D eigenvalue weighted by Crippen LogP contribution is 2.19. The summed E-state index contributed by atoms with van der Waals surface area (Å²) in [6.07, 6.45) is 6.38. The average molecular weight is 276 g/mol. The number of benzene rings is 1. The van der Waals surface area contributed by atoms with Crippen LogP contribution in [0.25, 0.3) is 6.08 Å². The SMILES string of the molecule is CC(N)C1CCCCN1C(=O)C=Cc1ccc(F)cc1. The average Bonchev–Trinajstić information content (AvgIpc) is 2.46. The summed E-state index contributed by atoms with van der Waals surface area (Å²) in [5.41, 5.74) is 6.77. The lowest BCUT2D eigenvalue weighted by atomic mass is 9.97. The maximum absolute atomic E-state index is 12.8. The van der Waals surface area contributed by atoms with Crippen molar-refractivity contribution in [2.45, 2.75) is 38.3 Å². The molecule has 0 saturated carbocycles. The highest BCUT2D eigenvalue weighted by Gasteiger charge is 2.27. The molecule has 2 unspecified atom stereocenters. The van der Waals surface area contributed by atoms with Crippen LogP contribution in [-0.4, -0.2) is 29.4 Å². The minimum absolute atomic E-state index is 0.0153. The third-order valence-corrected chi connectivity index (χ3v) is 3.73. The summed E-state index contributed by atoms with van der Waals surface area (Å²) in [6, 6.07) is 6.18. The third kappa shape index (κ3) is 3.67.